The predicted molar refractivity (Wildman–Crippen MR) is 123 cm³/mol. The number of nitrogens with one attached hydrogen (secondary N) is 2. The van der Waals surface area contributed by atoms with Crippen molar-refractivity contribution in [2.75, 3.05) is 11.9 Å². The molecule has 172 valence electrons. The molecule has 4 heterocycles. The third kappa shape index (κ3) is 3.57. The zero-order chi connectivity index (χ0) is 23.4. The van der Waals surface area contributed by atoms with Gasteiger partial charge < -0.3 is 10.3 Å². The summed E-state index contributed by atoms with van der Waals surface area (Å²) in [5.41, 5.74) is 5.16. The molecular formula is C25H21F3N6. The Morgan fingerprint density at radius 1 is 1.06 bits per heavy atom. The van der Waals surface area contributed by atoms with Gasteiger partial charge in [-0.3, -0.25) is 4.98 Å². The van der Waals surface area contributed by atoms with Crippen molar-refractivity contribution in [3.8, 4) is 11.3 Å². The van der Waals surface area contributed by atoms with Crippen molar-refractivity contribution >= 4 is 22.4 Å². The van der Waals surface area contributed by atoms with Crippen LogP contribution in [0.2, 0.25) is 0 Å². The summed E-state index contributed by atoms with van der Waals surface area (Å²) in [4.78, 5) is 11.7. The normalized spacial score (nSPS) is 13.8. The average Bonchev–Trinajstić information content (AvgIpc) is 3.48. The van der Waals surface area contributed by atoms with Gasteiger partial charge in [-0.15, -0.1) is 0 Å². The van der Waals surface area contributed by atoms with Crippen molar-refractivity contribution in [2.24, 2.45) is 0 Å². The Kier molecular flexibility index (Phi) is 4.79. The minimum Gasteiger partial charge on any atom is -0.356 e. The van der Waals surface area contributed by atoms with Crippen LogP contribution in [-0.2, 0) is 6.42 Å². The van der Waals surface area contributed by atoms with Crippen molar-refractivity contribution in [1.29, 1.82) is 0 Å². The van der Waals surface area contributed by atoms with Gasteiger partial charge in [0.05, 0.1) is 29.1 Å². The summed E-state index contributed by atoms with van der Waals surface area (Å²) < 4.78 is 43.6. The Balaban J connectivity index is 1.35. The minimum atomic E-state index is -0.610. The molecule has 0 atom stereocenters. The molecular weight excluding hydrogens is 441 g/mol. The highest BCUT2D eigenvalue weighted by atomic mass is 19.1. The summed E-state index contributed by atoms with van der Waals surface area (Å²) in [7, 11) is 0. The van der Waals surface area contributed by atoms with Crippen molar-refractivity contribution in [3.05, 3.63) is 77.1 Å². The van der Waals surface area contributed by atoms with Gasteiger partial charge in [-0.1, -0.05) is 0 Å². The number of pyridine rings is 1. The second-order valence-corrected chi connectivity index (χ2v) is 8.74. The highest BCUT2D eigenvalue weighted by Gasteiger charge is 2.28. The van der Waals surface area contributed by atoms with Crippen LogP contribution >= 0.6 is 0 Å². The zero-order valence-corrected chi connectivity index (χ0v) is 18.4. The lowest BCUT2D eigenvalue weighted by Crippen LogP contribution is -2.12. The van der Waals surface area contributed by atoms with Gasteiger partial charge in [0.2, 0.25) is 5.95 Å². The van der Waals surface area contributed by atoms with Crippen LogP contribution in [0.1, 0.15) is 35.6 Å². The number of anilines is 1. The number of H-pyrrole nitrogens is 1. The van der Waals surface area contributed by atoms with E-state index in [4.69, 9.17) is 4.98 Å². The summed E-state index contributed by atoms with van der Waals surface area (Å²) in [6.45, 7) is 2.30. The lowest BCUT2D eigenvalue weighted by Gasteiger charge is -2.11. The zero-order valence-electron chi connectivity index (χ0n) is 18.4. The van der Waals surface area contributed by atoms with Crippen molar-refractivity contribution < 1.29 is 13.2 Å². The summed E-state index contributed by atoms with van der Waals surface area (Å²) in [6.07, 6.45) is 7.36. The number of hydrogen-bond donors (Lipinski definition) is 2. The lowest BCUT2D eigenvalue weighted by atomic mass is 10.1. The number of aromatic nitrogens is 5. The van der Waals surface area contributed by atoms with Gasteiger partial charge in [0.1, 0.15) is 17.5 Å². The van der Waals surface area contributed by atoms with Gasteiger partial charge >= 0.3 is 0 Å². The molecule has 1 saturated carbocycles. The van der Waals surface area contributed by atoms with Gasteiger partial charge in [-0.25, -0.2) is 22.7 Å². The molecule has 1 aromatic carbocycles. The number of rotatable bonds is 6. The molecule has 6 rings (SSSR count). The molecule has 0 unspecified atom stereocenters. The third-order valence-corrected chi connectivity index (χ3v) is 6.36. The first-order chi connectivity index (χ1) is 16.5. The lowest BCUT2D eigenvalue weighted by molar-refractivity contribution is 0.591. The summed E-state index contributed by atoms with van der Waals surface area (Å²) in [6, 6.07) is 5.54. The van der Waals surface area contributed by atoms with Gasteiger partial charge in [-0.05, 0) is 55.9 Å². The molecule has 0 saturated heterocycles. The molecule has 1 aliphatic carbocycles. The van der Waals surface area contributed by atoms with Crippen LogP contribution in [0.15, 0.2) is 42.9 Å². The molecule has 9 heteroatoms. The molecule has 0 amide bonds. The second-order valence-electron chi connectivity index (χ2n) is 8.74. The quantitative estimate of drug-likeness (QED) is 0.348. The van der Waals surface area contributed by atoms with E-state index in [1.807, 2.05) is 19.2 Å². The first-order valence-electron chi connectivity index (χ1n) is 11.2. The third-order valence-electron chi connectivity index (χ3n) is 6.36. The van der Waals surface area contributed by atoms with Crippen LogP contribution in [0, 0.1) is 24.4 Å². The van der Waals surface area contributed by atoms with E-state index in [1.165, 1.54) is 12.1 Å². The Hall–Kier alpha value is -3.88. The van der Waals surface area contributed by atoms with Crippen LogP contribution in [0.5, 0.6) is 0 Å². The Morgan fingerprint density at radius 2 is 1.91 bits per heavy atom. The summed E-state index contributed by atoms with van der Waals surface area (Å²) in [5.74, 6) is -0.661. The average molecular weight is 462 g/mol. The molecule has 2 N–H and O–H groups in total. The first kappa shape index (κ1) is 20.7. The Labute approximate surface area is 192 Å². The molecule has 1 fully saturated rings. The van der Waals surface area contributed by atoms with E-state index in [0.29, 0.717) is 47.0 Å². The fraction of sp³-hybridized carbons (Fsp3) is 0.240. The minimum absolute atomic E-state index is 0.302. The number of halogens is 3. The van der Waals surface area contributed by atoms with Crippen LogP contribution in [0.25, 0.3) is 27.7 Å². The fourth-order valence-corrected chi connectivity index (χ4v) is 4.56. The maximum atomic E-state index is 14.2. The second kappa shape index (κ2) is 7.86. The van der Waals surface area contributed by atoms with E-state index in [9.17, 15) is 13.2 Å². The fourth-order valence-electron chi connectivity index (χ4n) is 4.56. The highest BCUT2D eigenvalue weighted by molar-refractivity contribution is 5.85. The van der Waals surface area contributed by atoms with E-state index in [-0.39, 0.29) is 0 Å². The van der Waals surface area contributed by atoms with Crippen LogP contribution < -0.4 is 5.32 Å². The molecule has 0 spiro atoms. The van der Waals surface area contributed by atoms with E-state index in [2.05, 4.69) is 20.4 Å². The monoisotopic (exact) mass is 462 g/mol. The van der Waals surface area contributed by atoms with Crippen LogP contribution in [0.4, 0.5) is 19.1 Å². The Morgan fingerprint density at radius 3 is 2.71 bits per heavy atom. The van der Waals surface area contributed by atoms with Gasteiger partial charge in [-0.2, -0.15) is 5.10 Å². The predicted octanol–water partition coefficient (Wildman–Crippen LogP) is 5.53. The van der Waals surface area contributed by atoms with Crippen LogP contribution in [-0.4, -0.2) is 31.1 Å². The van der Waals surface area contributed by atoms with Crippen molar-refractivity contribution in [3.63, 3.8) is 0 Å². The largest absolute Gasteiger partial charge is 0.356 e. The maximum Gasteiger partial charge on any atom is 0.224 e. The van der Waals surface area contributed by atoms with E-state index >= 15 is 0 Å². The SMILES string of the molecule is Cc1[nH]c2c(F)cc(F)cc2c1CCNc1nc(-c2cncc(F)c2)cc2c(C3CC3)cnn12. The van der Waals surface area contributed by atoms with Gasteiger partial charge in [0, 0.05) is 41.0 Å². The number of benzene rings is 1. The summed E-state index contributed by atoms with van der Waals surface area (Å²) in [5, 5.41) is 8.39. The van der Waals surface area contributed by atoms with Crippen molar-refractivity contribution in [2.45, 2.75) is 32.1 Å². The number of nitrogens with zero attached hydrogens (tertiary/aromatic N) is 4. The molecule has 6 nitrogen and oxygen atoms in total. The standard InChI is InChI=1S/C25H21F3N6/c1-13-18(19-7-16(26)8-21(28)24(19)32-13)4-5-30-25-33-22(15-6-17(27)11-29-10-15)9-23-20(14-2-3-14)12-31-34(23)25/h6-12,14,32H,2-5H2,1H3,(H,30,33). The molecule has 0 radical (unpaired) electrons. The van der Waals surface area contributed by atoms with Crippen LogP contribution in [0.3, 0.4) is 0 Å². The van der Waals surface area contributed by atoms with Crippen molar-refractivity contribution in [1.82, 2.24) is 24.6 Å². The topological polar surface area (TPSA) is 70.9 Å². The molecule has 5 aromatic rings. The number of hydrogen-bond acceptors (Lipinski definition) is 4. The van der Waals surface area contributed by atoms with Gasteiger partial charge in [0.25, 0.3) is 0 Å². The van der Waals surface area contributed by atoms with E-state index < -0.39 is 17.5 Å². The maximum absolute atomic E-state index is 14.2. The molecule has 0 aliphatic heterocycles. The molecule has 4 aromatic heterocycles. The first-order valence-corrected chi connectivity index (χ1v) is 11.2. The molecule has 1 aliphatic rings. The number of aromatic amines is 1. The highest BCUT2D eigenvalue weighted by Crippen LogP contribution is 2.42. The molecule has 34 heavy (non-hydrogen) atoms. The smallest absolute Gasteiger partial charge is 0.224 e. The van der Waals surface area contributed by atoms with E-state index in [1.54, 1.807) is 10.7 Å². The number of fused-ring (bicyclic) bond motifs is 2. The van der Waals surface area contributed by atoms with E-state index in [0.717, 1.165) is 47.4 Å². The number of aryl methyl sites for hydroxylation is 1. The Bertz CT molecular complexity index is 1550. The molecule has 0 bridgehead atoms. The van der Waals surface area contributed by atoms with Gasteiger partial charge in [0.15, 0.2) is 0 Å². The summed E-state index contributed by atoms with van der Waals surface area (Å²) >= 11 is 0.